The summed E-state index contributed by atoms with van der Waals surface area (Å²) in [5, 5.41) is 0.515. The van der Waals surface area contributed by atoms with E-state index in [9.17, 15) is 0 Å². The highest BCUT2D eigenvalue weighted by Crippen LogP contribution is 2.26. The van der Waals surface area contributed by atoms with Gasteiger partial charge >= 0.3 is 0 Å². The molecule has 2 rings (SSSR count). The van der Waals surface area contributed by atoms with Gasteiger partial charge in [-0.25, -0.2) is 10.8 Å². The Morgan fingerprint density at radius 2 is 2.58 bits per heavy atom. The van der Waals surface area contributed by atoms with Crippen LogP contribution in [0.25, 0.3) is 10.2 Å². The van der Waals surface area contributed by atoms with Gasteiger partial charge < -0.3 is 0 Å². The molecule has 0 saturated heterocycles. The summed E-state index contributed by atoms with van der Waals surface area (Å²) in [5.74, 6) is 5.23. The maximum atomic E-state index is 7.37. The molecule has 4 heteroatoms. The van der Waals surface area contributed by atoms with Gasteiger partial charge in [0.25, 0.3) is 0 Å². The average molecular weight is 182 g/mol. The highest BCUT2D eigenvalue weighted by Gasteiger charge is 2.02. The van der Waals surface area contributed by atoms with Crippen LogP contribution in [0.4, 0.5) is 5.13 Å². The number of anilines is 1. The molecule has 1 heterocycles. The van der Waals surface area contributed by atoms with Crippen LogP contribution >= 0.6 is 11.3 Å². The number of nitrogens with two attached hydrogens (primary N) is 1. The van der Waals surface area contributed by atoms with Gasteiger partial charge in [0.05, 0.1) is 10.2 Å². The Hall–Kier alpha value is -1.13. The first-order chi connectivity index (χ1) is 7.02. The third kappa shape index (κ3) is 1.05. The van der Waals surface area contributed by atoms with E-state index in [2.05, 4.69) is 10.4 Å². The molecule has 1 aromatic heterocycles. The lowest BCUT2D eigenvalue weighted by atomic mass is 10.2. The minimum absolute atomic E-state index is 0.262. The van der Waals surface area contributed by atoms with Crippen LogP contribution < -0.4 is 11.3 Å². The van der Waals surface area contributed by atoms with Gasteiger partial charge in [-0.2, -0.15) is 0 Å². The Morgan fingerprint density at radius 1 is 1.67 bits per heavy atom. The SMILES string of the molecule is [2H]C([2H])([2H])c1cccc2sc(NN)nc12. The lowest BCUT2D eigenvalue weighted by Crippen LogP contribution is -2.05. The maximum Gasteiger partial charge on any atom is 0.198 e. The molecular formula is C8H9N3S. The van der Waals surface area contributed by atoms with Crippen molar-refractivity contribution in [2.45, 2.75) is 6.85 Å². The van der Waals surface area contributed by atoms with Gasteiger partial charge in [0.2, 0.25) is 0 Å². The van der Waals surface area contributed by atoms with E-state index in [0.29, 0.717) is 10.6 Å². The molecule has 0 spiro atoms. The van der Waals surface area contributed by atoms with Crippen LogP contribution in [0.2, 0.25) is 0 Å². The van der Waals surface area contributed by atoms with Crippen molar-refractivity contribution in [3.63, 3.8) is 0 Å². The third-order valence-corrected chi connectivity index (χ3v) is 2.49. The maximum absolute atomic E-state index is 7.37. The van der Waals surface area contributed by atoms with E-state index in [0.717, 1.165) is 4.70 Å². The number of hydrogen-bond acceptors (Lipinski definition) is 4. The van der Waals surface area contributed by atoms with E-state index in [1.807, 2.05) is 6.07 Å². The molecule has 3 nitrogen and oxygen atoms in total. The summed E-state index contributed by atoms with van der Waals surface area (Å²) in [6.45, 7) is -2.14. The highest BCUT2D eigenvalue weighted by atomic mass is 32.1. The van der Waals surface area contributed by atoms with Gasteiger partial charge in [0.15, 0.2) is 5.13 Å². The Labute approximate surface area is 78.4 Å². The van der Waals surface area contributed by atoms with Gasteiger partial charge in [-0.3, -0.25) is 5.43 Å². The number of rotatable bonds is 1. The Kier molecular flexibility index (Phi) is 1.09. The molecular weight excluding hydrogens is 170 g/mol. The van der Waals surface area contributed by atoms with Crippen molar-refractivity contribution in [2.24, 2.45) is 5.84 Å². The number of para-hydroxylation sites is 1. The first-order valence-electron chi connectivity index (χ1n) is 4.89. The van der Waals surface area contributed by atoms with E-state index >= 15 is 0 Å². The van der Waals surface area contributed by atoms with E-state index < -0.39 is 6.85 Å². The smallest absolute Gasteiger partial charge is 0.198 e. The third-order valence-electron chi connectivity index (χ3n) is 1.54. The van der Waals surface area contributed by atoms with Crippen molar-refractivity contribution in [3.8, 4) is 0 Å². The minimum atomic E-state index is -2.14. The van der Waals surface area contributed by atoms with Gasteiger partial charge in [-0.1, -0.05) is 23.5 Å². The fourth-order valence-corrected chi connectivity index (χ4v) is 1.81. The van der Waals surface area contributed by atoms with E-state index in [1.54, 1.807) is 12.1 Å². The molecule has 0 atom stereocenters. The van der Waals surface area contributed by atoms with Crippen molar-refractivity contribution >= 4 is 26.7 Å². The molecule has 0 unspecified atom stereocenters. The number of nitrogen functional groups attached to an aromatic ring is 1. The molecule has 0 amide bonds. The fourth-order valence-electron chi connectivity index (χ4n) is 1.01. The van der Waals surface area contributed by atoms with Gasteiger partial charge in [-0.05, 0) is 18.5 Å². The quantitative estimate of drug-likeness (QED) is 0.523. The van der Waals surface area contributed by atoms with Crippen LogP contribution in [0, 0.1) is 6.85 Å². The van der Waals surface area contributed by atoms with Crippen molar-refractivity contribution in [2.75, 3.05) is 5.43 Å². The summed E-state index contributed by atoms with van der Waals surface area (Å²) >= 11 is 1.33. The predicted molar refractivity (Wildman–Crippen MR) is 52.2 cm³/mol. The van der Waals surface area contributed by atoms with Crippen LogP contribution in [0.15, 0.2) is 18.2 Å². The number of hydrazine groups is 1. The summed E-state index contributed by atoms with van der Waals surface area (Å²) in [7, 11) is 0. The topological polar surface area (TPSA) is 50.9 Å². The summed E-state index contributed by atoms with van der Waals surface area (Å²) in [4.78, 5) is 4.12. The van der Waals surface area contributed by atoms with Crippen LogP contribution in [-0.4, -0.2) is 4.98 Å². The summed E-state index contributed by atoms with van der Waals surface area (Å²) in [6, 6.07) is 5.10. The molecule has 0 aliphatic heterocycles. The van der Waals surface area contributed by atoms with Crippen LogP contribution in [-0.2, 0) is 0 Å². The second-order valence-corrected chi connectivity index (χ2v) is 3.35. The average Bonchev–Trinajstić information content (AvgIpc) is 2.57. The van der Waals surface area contributed by atoms with Crippen molar-refractivity contribution in [1.29, 1.82) is 0 Å². The molecule has 3 N–H and O–H groups in total. The molecule has 0 bridgehead atoms. The summed E-state index contributed by atoms with van der Waals surface area (Å²) in [5.41, 5.74) is 3.18. The molecule has 12 heavy (non-hydrogen) atoms. The van der Waals surface area contributed by atoms with Gasteiger partial charge in [0.1, 0.15) is 0 Å². The summed E-state index contributed by atoms with van der Waals surface area (Å²) < 4.78 is 22.9. The molecule has 0 saturated carbocycles. The van der Waals surface area contributed by atoms with Crippen molar-refractivity contribution in [1.82, 2.24) is 4.98 Å². The number of nitrogens with one attached hydrogen (secondary N) is 1. The Bertz CT molecular complexity index is 491. The van der Waals surface area contributed by atoms with Crippen molar-refractivity contribution < 1.29 is 4.11 Å². The zero-order valence-corrected chi connectivity index (χ0v) is 6.98. The van der Waals surface area contributed by atoms with E-state index in [-0.39, 0.29) is 5.56 Å². The Balaban J connectivity index is 2.70. The number of aromatic nitrogens is 1. The second-order valence-electron chi connectivity index (χ2n) is 2.32. The molecule has 0 aliphatic rings. The standard InChI is InChI=1S/C8H9N3S/c1-5-3-2-4-6-7(5)10-8(11-9)12-6/h2-4H,9H2,1H3,(H,10,11)/i1D3. The second kappa shape index (κ2) is 2.73. The predicted octanol–water partition coefficient (Wildman–Crippen LogP) is 1.89. The first-order valence-corrected chi connectivity index (χ1v) is 4.20. The normalized spacial score (nSPS) is 15.2. The molecule has 1 aromatic carbocycles. The number of thiazole rings is 1. The van der Waals surface area contributed by atoms with Crippen molar-refractivity contribution in [3.05, 3.63) is 23.8 Å². The fraction of sp³-hybridized carbons (Fsp3) is 0.125. The zero-order valence-electron chi connectivity index (χ0n) is 9.16. The van der Waals surface area contributed by atoms with Gasteiger partial charge in [0, 0.05) is 4.11 Å². The number of benzene rings is 1. The first kappa shape index (κ1) is 4.79. The summed E-state index contributed by atoms with van der Waals surface area (Å²) in [6.07, 6.45) is 0. The number of hydrogen-bond donors (Lipinski definition) is 2. The monoisotopic (exact) mass is 182 g/mol. The molecule has 0 aliphatic carbocycles. The van der Waals surface area contributed by atoms with Crippen LogP contribution in [0.5, 0.6) is 0 Å². The number of aryl methyl sites for hydroxylation is 1. The molecule has 62 valence electrons. The lowest BCUT2D eigenvalue weighted by Gasteiger charge is -1.90. The van der Waals surface area contributed by atoms with E-state index in [1.165, 1.54) is 11.3 Å². The zero-order chi connectivity index (χ0) is 11.1. The molecule has 2 aromatic rings. The minimum Gasteiger partial charge on any atom is -0.300 e. The Morgan fingerprint density at radius 3 is 3.33 bits per heavy atom. The highest BCUT2D eigenvalue weighted by molar-refractivity contribution is 7.22. The largest absolute Gasteiger partial charge is 0.300 e. The molecule has 0 radical (unpaired) electrons. The van der Waals surface area contributed by atoms with E-state index in [4.69, 9.17) is 9.95 Å². The lowest BCUT2D eigenvalue weighted by molar-refractivity contribution is 1.30. The van der Waals surface area contributed by atoms with Crippen LogP contribution in [0.3, 0.4) is 0 Å². The van der Waals surface area contributed by atoms with Gasteiger partial charge in [-0.15, -0.1) is 0 Å². The van der Waals surface area contributed by atoms with Crippen LogP contribution in [0.1, 0.15) is 9.68 Å². The molecule has 0 fully saturated rings. The number of fused-ring (bicyclic) bond motifs is 1. The number of nitrogens with zero attached hydrogens (tertiary/aromatic N) is 1.